The van der Waals surface area contributed by atoms with Gasteiger partial charge < -0.3 is 9.12 Å². The Morgan fingerprint density at radius 3 is 2.21 bits per heavy atom. The first-order valence-electron chi connectivity index (χ1n) is 12.0. The molecule has 2 aromatic carbocycles. The summed E-state index contributed by atoms with van der Waals surface area (Å²) in [7, 11) is 0. The molecule has 1 atom stereocenters. The van der Waals surface area contributed by atoms with Crippen LogP contribution in [0.3, 0.4) is 0 Å². The lowest BCUT2D eigenvalue weighted by Gasteiger charge is -2.25. The number of rotatable bonds is 8. The van der Waals surface area contributed by atoms with Crippen molar-refractivity contribution >= 4 is 39.5 Å². The molecule has 3 aromatic rings. The van der Waals surface area contributed by atoms with E-state index in [1.165, 1.54) is 5.56 Å². The van der Waals surface area contributed by atoms with Crippen LogP contribution < -0.4 is 0 Å². The zero-order valence-corrected chi connectivity index (χ0v) is 23.4. The molecule has 0 aliphatic rings. The maximum Gasteiger partial charge on any atom is 0.181 e. The fraction of sp³-hybridized carbons (Fsp3) is 0.483. The minimum absolute atomic E-state index is 0.0848. The summed E-state index contributed by atoms with van der Waals surface area (Å²) < 4.78 is 16.2. The van der Waals surface area contributed by atoms with Gasteiger partial charge >= 0.3 is 0 Å². The third kappa shape index (κ3) is 6.08. The van der Waals surface area contributed by atoms with Gasteiger partial charge in [0, 0.05) is 28.8 Å². The second-order valence-corrected chi connectivity index (χ2v) is 13.4. The number of ketones is 1. The molecule has 0 N–H and O–H groups in total. The first kappa shape index (κ1) is 26.8. The second-order valence-electron chi connectivity index (χ2n) is 11.6. The molecule has 1 aromatic heterocycles. The van der Waals surface area contributed by atoms with E-state index < -0.39 is 16.6 Å². The van der Waals surface area contributed by atoms with Gasteiger partial charge in [-0.25, -0.2) is 0 Å². The van der Waals surface area contributed by atoms with Crippen molar-refractivity contribution in [3.05, 3.63) is 64.3 Å². The summed E-state index contributed by atoms with van der Waals surface area (Å²) >= 11 is 4.93. The lowest BCUT2D eigenvalue weighted by atomic mass is 9.84. The largest absolute Gasteiger partial charge is 0.611 e. The highest BCUT2D eigenvalue weighted by atomic mass is 35.5. The molecular weight excluding hydrogens is 462 g/mol. The Balaban J connectivity index is 2.32. The van der Waals surface area contributed by atoms with E-state index in [9.17, 15) is 9.35 Å². The van der Waals surface area contributed by atoms with Crippen LogP contribution in [0, 0.1) is 10.8 Å². The molecule has 3 rings (SSSR count). The van der Waals surface area contributed by atoms with Gasteiger partial charge in [0.15, 0.2) is 4.90 Å². The number of halogens is 1. The molecular formula is C29H38ClNO2S. The number of carbonyl (C=O) groups excluding carboxylic acids is 1. The summed E-state index contributed by atoms with van der Waals surface area (Å²) in [6.07, 6.45) is 0.535. The van der Waals surface area contributed by atoms with Crippen molar-refractivity contribution in [2.75, 3.05) is 5.75 Å². The Morgan fingerprint density at radius 2 is 1.68 bits per heavy atom. The van der Waals surface area contributed by atoms with Gasteiger partial charge in [-0.05, 0) is 59.4 Å². The molecule has 0 amide bonds. The van der Waals surface area contributed by atoms with Gasteiger partial charge in [0.2, 0.25) is 0 Å². The van der Waals surface area contributed by atoms with Crippen molar-refractivity contribution in [2.24, 2.45) is 10.8 Å². The Bertz CT molecular complexity index is 1170. The number of hydrogen-bond acceptors (Lipinski definition) is 2. The standard InChI is InChI=1S/C29H38ClNO2S/c1-19(2)22-11-14-25-24(15-22)27(34(33)18-28(4,5)6)26(16-29(7,8)20(3)32)31(25)17-21-9-12-23(30)13-10-21/h9-15,19H,16-18H2,1-8H3. The summed E-state index contributed by atoms with van der Waals surface area (Å²) in [6, 6.07) is 14.4. The molecule has 3 nitrogen and oxygen atoms in total. The second kappa shape index (κ2) is 10.1. The summed E-state index contributed by atoms with van der Waals surface area (Å²) in [5.74, 6) is 1.06. The number of carbonyl (C=O) groups is 1. The zero-order chi connectivity index (χ0) is 25.4. The van der Waals surface area contributed by atoms with Crippen LogP contribution in [0.2, 0.25) is 5.02 Å². The van der Waals surface area contributed by atoms with Crippen LogP contribution in [0.1, 0.15) is 78.1 Å². The third-order valence-electron chi connectivity index (χ3n) is 6.42. The van der Waals surface area contributed by atoms with Crippen LogP contribution in [-0.4, -0.2) is 20.7 Å². The lowest BCUT2D eigenvalue weighted by Crippen LogP contribution is -2.28. The van der Waals surface area contributed by atoms with E-state index >= 15 is 0 Å². The normalized spacial score (nSPS) is 13.6. The predicted octanol–water partition coefficient (Wildman–Crippen LogP) is 7.78. The van der Waals surface area contributed by atoms with Crippen molar-refractivity contribution in [2.45, 2.75) is 79.2 Å². The Kier molecular flexibility index (Phi) is 7.96. The Morgan fingerprint density at radius 1 is 1.06 bits per heavy atom. The zero-order valence-electron chi connectivity index (χ0n) is 21.8. The molecule has 0 fully saturated rings. The summed E-state index contributed by atoms with van der Waals surface area (Å²) in [5.41, 5.74) is 3.75. The van der Waals surface area contributed by atoms with E-state index in [2.05, 4.69) is 57.4 Å². The molecule has 0 aliphatic heterocycles. The number of Topliss-reactive ketones (excluding diaryl/α,β-unsaturated/α-hetero) is 1. The monoisotopic (exact) mass is 499 g/mol. The van der Waals surface area contributed by atoms with Crippen molar-refractivity contribution in [3.8, 4) is 0 Å². The molecule has 184 valence electrons. The van der Waals surface area contributed by atoms with Crippen molar-refractivity contribution < 1.29 is 9.35 Å². The highest BCUT2D eigenvalue weighted by Crippen LogP contribution is 2.39. The SMILES string of the molecule is CC(=O)C(C)(C)Cc1c([S+]([O-])CC(C)(C)C)c2cc(C(C)C)ccc2n1Cc1ccc(Cl)cc1. The minimum Gasteiger partial charge on any atom is -0.611 e. The number of nitrogens with zero attached hydrogens (tertiary/aromatic N) is 1. The van der Waals surface area contributed by atoms with Gasteiger partial charge in [0.05, 0.1) is 16.6 Å². The van der Waals surface area contributed by atoms with Gasteiger partial charge in [-0.1, -0.05) is 78.3 Å². The molecule has 0 bridgehead atoms. The first-order chi connectivity index (χ1) is 15.7. The van der Waals surface area contributed by atoms with Crippen molar-refractivity contribution in [1.29, 1.82) is 0 Å². The number of benzene rings is 2. The summed E-state index contributed by atoms with van der Waals surface area (Å²) in [4.78, 5) is 13.4. The lowest BCUT2D eigenvalue weighted by molar-refractivity contribution is -0.124. The molecule has 0 aliphatic carbocycles. The summed E-state index contributed by atoms with van der Waals surface area (Å²) in [6.45, 7) is 17.0. The van der Waals surface area contributed by atoms with Crippen LogP contribution in [0.15, 0.2) is 47.4 Å². The first-order valence-corrected chi connectivity index (χ1v) is 13.7. The van der Waals surface area contributed by atoms with Gasteiger partial charge in [-0.2, -0.15) is 0 Å². The molecule has 5 heteroatoms. The smallest absolute Gasteiger partial charge is 0.181 e. The molecule has 34 heavy (non-hydrogen) atoms. The number of aromatic nitrogens is 1. The maximum absolute atomic E-state index is 13.9. The van der Waals surface area contributed by atoms with Crippen LogP contribution in [0.4, 0.5) is 0 Å². The molecule has 1 unspecified atom stereocenters. The highest BCUT2D eigenvalue weighted by Gasteiger charge is 2.35. The fourth-order valence-electron chi connectivity index (χ4n) is 4.14. The van der Waals surface area contributed by atoms with E-state index in [1.54, 1.807) is 6.92 Å². The van der Waals surface area contributed by atoms with Gasteiger partial charge in [0.1, 0.15) is 11.5 Å². The van der Waals surface area contributed by atoms with E-state index in [4.69, 9.17) is 11.6 Å². The van der Waals surface area contributed by atoms with Gasteiger partial charge in [-0.15, -0.1) is 0 Å². The highest BCUT2D eigenvalue weighted by molar-refractivity contribution is 7.91. The average molecular weight is 500 g/mol. The van der Waals surface area contributed by atoms with E-state index in [0.29, 0.717) is 29.7 Å². The predicted molar refractivity (Wildman–Crippen MR) is 145 cm³/mol. The Labute approximate surface area is 213 Å². The number of fused-ring (bicyclic) bond motifs is 1. The fourth-order valence-corrected chi connectivity index (χ4v) is 6.06. The quantitative estimate of drug-likeness (QED) is 0.297. The van der Waals surface area contributed by atoms with E-state index in [-0.39, 0.29) is 11.2 Å². The maximum atomic E-state index is 13.9. The van der Waals surface area contributed by atoms with Crippen LogP contribution >= 0.6 is 11.6 Å². The van der Waals surface area contributed by atoms with Gasteiger partial charge in [-0.3, -0.25) is 4.79 Å². The van der Waals surface area contributed by atoms with E-state index in [1.807, 2.05) is 38.1 Å². The summed E-state index contributed by atoms with van der Waals surface area (Å²) in [5, 5.41) is 1.74. The van der Waals surface area contributed by atoms with Crippen LogP contribution in [-0.2, 0) is 28.9 Å². The molecule has 0 saturated carbocycles. The Hall–Kier alpha value is -1.75. The molecule has 0 saturated heterocycles. The van der Waals surface area contributed by atoms with Crippen molar-refractivity contribution in [1.82, 2.24) is 4.57 Å². The minimum atomic E-state index is -1.20. The molecule has 0 spiro atoms. The van der Waals surface area contributed by atoms with E-state index in [0.717, 1.165) is 27.1 Å². The molecule has 0 radical (unpaired) electrons. The molecule has 1 heterocycles. The number of hydrogen-bond donors (Lipinski definition) is 0. The topological polar surface area (TPSA) is 45.1 Å². The van der Waals surface area contributed by atoms with Crippen molar-refractivity contribution in [3.63, 3.8) is 0 Å². The average Bonchev–Trinajstić information content (AvgIpc) is 3.00. The van der Waals surface area contributed by atoms with Gasteiger partial charge in [0.25, 0.3) is 0 Å². The van der Waals surface area contributed by atoms with Crippen LogP contribution in [0.25, 0.3) is 10.9 Å². The van der Waals surface area contributed by atoms with Crippen LogP contribution in [0.5, 0.6) is 0 Å². The third-order valence-corrected chi connectivity index (χ3v) is 8.71.